The number of piperidine rings is 1. The molecule has 0 spiro atoms. The lowest BCUT2D eigenvalue weighted by molar-refractivity contribution is -0.00374. The summed E-state index contributed by atoms with van der Waals surface area (Å²) in [6.07, 6.45) is 14.0. The predicted molar refractivity (Wildman–Crippen MR) is 80.1 cm³/mol. The Morgan fingerprint density at radius 1 is 0.842 bits per heavy atom. The monoisotopic (exact) mass is 261 g/mol. The van der Waals surface area contributed by atoms with Crippen molar-refractivity contribution in [2.75, 3.05) is 19.6 Å². The molecule has 4 saturated carbocycles. The molecule has 5 rings (SSSR count). The molecule has 0 N–H and O–H groups in total. The van der Waals surface area contributed by atoms with Crippen molar-refractivity contribution >= 4 is 0 Å². The molecule has 1 heteroatoms. The quantitative estimate of drug-likeness (QED) is 0.715. The summed E-state index contributed by atoms with van der Waals surface area (Å²) < 4.78 is 0. The molecule has 1 aliphatic heterocycles. The molecule has 4 aliphatic carbocycles. The van der Waals surface area contributed by atoms with E-state index in [-0.39, 0.29) is 0 Å². The van der Waals surface area contributed by atoms with Crippen molar-refractivity contribution in [3.8, 4) is 0 Å². The zero-order valence-corrected chi connectivity index (χ0v) is 12.7. The third-order valence-corrected chi connectivity index (χ3v) is 6.92. The smallest absolute Gasteiger partial charge is 0.00383 e. The van der Waals surface area contributed by atoms with Gasteiger partial charge in [0.1, 0.15) is 0 Å². The van der Waals surface area contributed by atoms with Crippen molar-refractivity contribution in [3.63, 3.8) is 0 Å². The number of rotatable bonds is 2. The normalized spacial score (nSPS) is 47.5. The van der Waals surface area contributed by atoms with E-state index in [9.17, 15) is 0 Å². The number of nitrogens with zero attached hydrogens (tertiary/aromatic N) is 1. The second-order valence-corrected chi connectivity index (χ2v) is 8.72. The molecular formula is C18H31N. The minimum Gasteiger partial charge on any atom is -0.303 e. The summed E-state index contributed by atoms with van der Waals surface area (Å²) in [6, 6.07) is 0. The molecule has 2 unspecified atom stereocenters. The SMILES string of the molecule is CC1CCN(CC23CC4C[C@@H](CC[C@@H](C4)C2)C3)CC1. The van der Waals surface area contributed by atoms with Gasteiger partial charge in [-0.05, 0) is 87.1 Å². The Hall–Kier alpha value is -0.0400. The van der Waals surface area contributed by atoms with Crippen LogP contribution >= 0.6 is 0 Å². The zero-order chi connectivity index (χ0) is 12.9. The van der Waals surface area contributed by atoms with Gasteiger partial charge < -0.3 is 4.90 Å². The molecule has 1 heterocycles. The second kappa shape index (κ2) is 4.76. The van der Waals surface area contributed by atoms with E-state index >= 15 is 0 Å². The highest BCUT2D eigenvalue weighted by molar-refractivity contribution is 5.00. The van der Waals surface area contributed by atoms with Crippen LogP contribution in [0.25, 0.3) is 0 Å². The Kier molecular flexibility index (Phi) is 3.17. The predicted octanol–water partition coefficient (Wildman–Crippen LogP) is 4.32. The fourth-order valence-electron chi connectivity index (χ4n) is 6.26. The molecule has 0 aromatic heterocycles. The Bertz CT molecular complexity index is 313. The summed E-state index contributed by atoms with van der Waals surface area (Å²) >= 11 is 0. The molecule has 0 amide bonds. The van der Waals surface area contributed by atoms with E-state index in [1.165, 1.54) is 32.5 Å². The van der Waals surface area contributed by atoms with Crippen molar-refractivity contribution < 1.29 is 0 Å². The lowest BCUT2D eigenvalue weighted by Gasteiger charge is -2.51. The topological polar surface area (TPSA) is 3.24 Å². The highest BCUT2D eigenvalue weighted by Crippen LogP contribution is 2.58. The first-order valence-electron chi connectivity index (χ1n) is 8.93. The minimum atomic E-state index is 0.758. The summed E-state index contributed by atoms with van der Waals surface area (Å²) in [7, 11) is 0. The summed E-state index contributed by atoms with van der Waals surface area (Å²) in [5.74, 6) is 4.31. The van der Waals surface area contributed by atoms with Gasteiger partial charge in [-0.15, -0.1) is 0 Å². The van der Waals surface area contributed by atoms with Crippen LogP contribution in [0.1, 0.15) is 64.7 Å². The highest BCUT2D eigenvalue weighted by Gasteiger charge is 2.48. The molecule has 1 nitrogen and oxygen atoms in total. The number of hydrogen-bond donors (Lipinski definition) is 0. The molecule has 0 aromatic rings. The first-order chi connectivity index (χ1) is 9.21. The summed E-state index contributed by atoms with van der Waals surface area (Å²) in [5, 5.41) is 0. The van der Waals surface area contributed by atoms with Crippen LogP contribution in [0.15, 0.2) is 0 Å². The van der Waals surface area contributed by atoms with E-state index in [0.29, 0.717) is 0 Å². The molecule has 4 atom stereocenters. The molecular weight excluding hydrogens is 230 g/mol. The lowest BCUT2D eigenvalue weighted by atomic mass is 9.58. The Labute approximate surface area is 119 Å². The molecule has 108 valence electrons. The highest BCUT2D eigenvalue weighted by atomic mass is 15.1. The first kappa shape index (κ1) is 12.7. The fourth-order valence-corrected chi connectivity index (χ4v) is 6.26. The molecule has 1 saturated heterocycles. The van der Waals surface area contributed by atoms with Gasteiger partial charge in [0, 0.05) is 6.54 Å². The standard InChI is InChI=1S/C18H31N/c1-14-4-6-19(7-5-14)13-18-10-15-2-3-16(11-18)9-17(8-15)12-18/h14-17H,2-13H2,1H3/t15-,16+,17?,18?. The van der Waals surface area contributed by atoms with Gasteiger partial charge in [-0.3, -0.25) is 0 Å². The second-order valence-electron chi connectivity index (χ2n) is 8.72. The van der Waals surface area contributed by atoms with Crippen molar-refractivity contribution in [2.24, 2.45) is 29.1 Å². The Balaban J connectivity index is 1.47. The number of fused-ring (bicyclic) bond motifs is 1. The summed E-state index contributed by atoms with van der Waals surface area (Å²) in [6.45, 7) is 6.68. The molecule has 19 heavy (non-hydrogen) atoms. The van der Waals surface area contributed by atoms with Crippen LogP contribution in [-0.2, 0) is 0 Å². The maximum absolute atomic E-state index is 2.84. The van der Waals surface area contributed by atoms with E-state index in [0.717, 1.165) is 29.1 Å². The average Bonchev–Trinajstić information content (AvgIpc) is 2.58. The number of hydrogen-bond acceptors (Lipinski definition) is 1. The molecule has 5 fully saturated rings. The van der Waals surface area contributed by atoms with E-state index in [1.54, 1.807) is 44.9 Å². The summed E-state index contributed by atoms with van der Waals surface area (Å²) in [4.78, 5) is 2.84. The molecule has 0 radical (unpaired) electrons. The minimum absolute atomic E-state index is 0.758. The maximum Gasteiger partial charge on any atom is 0.00383 e. The molecule has 0 aromatic carbocycles. The van der Waals surface area contributed by atoms with E-state index < -0.39 is 0 Å². The Morgan fingerprint density at radius 2 is 1.42 bits per heavy atom. The maximum atomic E-state index is 2.84. The number of likely N-dealkylation sites (tertiary alicyclic amines) is 1. The molecule has 5 aliphatic rings. The van der Waals surface area contributed by atoms with E-state index in [4.69, 9.17) is 0 Å². The van der Waals surface area contributed by atoms with Gasteiger partial charge in [-0.2, -0.15) is 0 Å². The Morgan fingerprint density at radius 3 is 2.05 bits per heavy atom. The van der Waals surface area contributed by atoms with Crippen LogP contribution in [0.3, 0.4) is 0 Å². The van der Waals surface area contributed by atoms with Crippen LogP contribution in [0.5, 0.6) is 0 Å². The van der Waals surface area contributed by atoms with Gasteiger partial charge in [0.05, 0.1) is 0 Å². The van der Waals surface area contributed by atoms with Gasteiger partial charge in [0.2, 0.25) is 0 Å². The third kappa shape index (κ3) is 2.48. The van der Waals surface area contributed by atoms with Crippen LogP contribution in [0.4, 0.5) is 0 Å². The third-order valence-electron chi connectivity index (χ3n) is 6.92. The largest absolute Gasteiger partial charge is 0.303 e. The van der Waals surface area contributed by atoms with Gasteiger partial charge in [-0.1, -0.05) is 19.8 Å². The lowest BCUT2D eigenvalue weighted by Crippen LogP contribution is -2.47. The van der Waals surface area contributed by atoms with Crippen molar-refractivity contribution in [3.05, 3.63) is 0 Å². The van der Waals surface area contributed by atoms with Gasteiger partial charge >= 0.3 is 0 Å². The molecule has 4 bridgehead atoms. The van der Waals surface area contributed by atoms with Crippen LogP contribution < -0.4 is 0 Å². The zero-order valence-electron chi connectivity index (χ0n) is 12.7. The van der Waals surface area contributed by atoms with Crippen molar-refractivity contribution in [1.82, 2.24) is 4.90 Å². The van der Waals surface area contributed by atoms with Crippen molar-refractivity contribution in [2.45, 2.75) is 64.7 Å². The fraction of sp³-hybridized carbons (Fsp3) is 1.00. The van der Waals surface area contributed by atoms with Gasteiger partial charge in [-0.25, -0.2) is 0 Å². The van der Waals surface area contributed by atoms with Crippen LogP contribution in [0, 0.1) is 29.1 Å². The first-order valence-corrected chi connectivity index (χ1v) is 8.93. The summed E-state index contributed by atoms with van der Waals surface area (Å²) in [5.41, 5.74) is 0.758. The van der Waals surface area contributed by atoms with Gasteiger partial charge in [0.25, 0.3) is 0 Å². The van der Waals surface area contributed by atoms with E-state index in [1.807, 2.05) is 0 Å². The average molecular weight is 261 g/mol. The van der Waals surface area contributed by atoms with Crippen molar-refractivity contribution in [1.29, 1.82) is 0 Å². The van der Waals surface area contributed by atoms with Crippen LogP contribution in [-0.4, -0.2) is 24.5 Å². The van der Waals surface area contributed by atoms with Crippen LogP contribution in [0.2, 0.25) is 0 Å². The van der Waals surface area contributed by atoms with E-state index in [2.05, 4.69) is 11.8 Å². The van der Waals surface area contributed by atoms with Gasteiger partial charge in [0.15, 0.2) is 0 Å².